The van der Waals surface area contributed by atoms with Crippen LogP contribution in [0.15, 0.2) is 24.3 Å². The maximum atomic E-state index is 6.01. The Balaban J connectivity index is 2.17. The van der Waals surface area contributed by atoms with E-state index in [1.165, 1.54) is 31.2 Å². The summed E-state index contributed by atoms with van der Waals surface area (Å²) in [4.78, 5) is 2.57. The normalized spacial score (nSPS) is 18.4. The molecule has 0 spiro atoms. The Kier molecular flexibility index (Phi) is 5.04. The predicted octanol–water partition coefficient (Wildman–Crippen LogP) is 3.60. The fourth-order valence-electron chi connectivity index (χ4n) is 3.12. The molecular formula is C15H23ClN2. The first-order valence-corrected chi connectivity index (χ1v) is 7.35. The number of nitrogens with zero attached hydrogens (tertiary/aromatic N) is 1. The molecule has 1 fully saturated rings. The van der Waals surface area contributed by atoms with Gasteiger partial charge in [-0.3, -0.25) is 4.90 Å². The van der Waals surface area contributed by atoms with Crippen LogP contribution in [-0.4, -0.2) is 24.0 Å². The number of likely N-dealkylation sites (N-methyl/N-ethyl adjacent to an activating group) is 1. The Hall–Kier alpha value is -0.570. The average molecular weight is 267 g/mol. The monoisotopic (exact) mass is 266 g/mol. The first-order valence-electron chi connectivity index (χ1n) is 6.97. The molecule has 100 valence electrons. The molecule has 3 heteroatoms. The highest BCUT2D eigenvalue weighted by Crippen LogP contribution is 2.30. The van der Waals surface area contributed by atoms with Crippen molar-refractivity contribution in [2.24, 2.45) is 5.73 Å². The molecule has 1 unspecified atom stereocenters. The van der Waals surface area contributed by atoms with Gasteiger partial charge in [-0.15, -0.1) is 0 Å². The second-order valence-electron chi connectivity index (χ2n) is 5.07. The molecule has 2 N–H and O–H groups in total. The van der Waals surface area contributed by atoms with Gasteiger partial charge >= 0.3 is 0 Å². The molecule has 1 atom stereocenters. The van der Waals surface area contributed by atoms with Gasteiger partial charge in [0.25, 0.3) is 0 Å². The summed E-state index contributed by atoms with van der Waals surface area (Å²) in [5.41, 5.74) is 7.30. The molecule has 2 nitrogen and oxygen atoms in total. The Morgan fingerprint density at radius 3 is 2.39 bits per heavy atom. The summed E-state index contributed by atoms with van der Waals surface area (Å²) in [6.07, 6.45) is 5.36. The lowest BCUT2D eigenvalue weighted by Crippen LogP contribution is -2.40. The number of rotatable bonds is 5. The van der Waals surface area contributed by atoms with Crippen LogP contribution in [0.1, 0.15) is 44.2 Å². The maximum Gasteiger partial charge on any atom is 0.0473 e. The Labute approximate surface area is 115 Å². The van der Waals surface area contributed by atoms with Crippen molar-refractivity contribution in [2.75, 3.05) is 13.1 Å². The molecule has 0 radical (unpaired) electrons. The molecular weight excluding hydrogens is 244 g/mol. The minimum atomic E-state index is 0.329. The summed E-state index contributed by atoms with van der Waals surface area (Å²) in [6.45, 7) is 3.97. The molecule has 0 bridgehead atoms. The van der Waals surface area contributed by atoms with Crippen LogP contribution in [0.2, 0.25) is 5.02 Å². The molecule has 0 heterocycles. The third-order valence-corrected chi connectivity index (χ3v) is 4.29. The molecule has 18 heavy (non-hydrogen) atoms. The molecule has 1 saturated carbocycles. The van der Waals surface area contributed by atoms with Gasteiger partial charge in [-0.2, -0.15) is 0 Å². The van der Waals surface area contributed by atoms with Crippen LogP contribution in [-0.2, 0) is 0 Å². The average Bonchev–Trinajstić information content (AvgIpc) is 2.91. The fraction of sp³-hybridized carbons (Fsp3) is 0.600. The van der Waals surface area contributed by atoms with E-state index in [1.54, 1.807) is 0 Å². The molecule has 0 aliphatic heterocycles. The van der Waals surface area contributed by atoms with E-state index in [1.807, 2.05) is 12.1 Å². The minimum absolute atomic E-state index is 0.329. The topological polar surface area (TPSA) is 29.3 Å². The Bertz CT molecular complexity index is 357. The lowest BCUT2D eigenvalue weighted by Gasteiger charge is -2.35. The second kappa shape index (κ2) is 6.55. The second-order valence-corrected chi connectivity index (χ2v) is 5.51. The van der Waals surface area contributed by atoms with E-state index in [2.05, 4.69) is 24.0 Å². The van der Waals surface area contributed by atoms with Crippen molar-refractivity contribution in [1.29, 1.82) is 0 Å². The predicted molar refractivity (Wildman–Crippen MR) is 77.9 cm³/mol. The summed E-state index contributed by atoms with van der Waals surface area (Å²) in [5, 5.41) is 0.790. The van der Waals surface area contributed by atoms with E-state index in [-0.39, 0.29) is 0 Å². The van der Waals surface area contributed by atoms with Crippen LogP contribution < -0.4 is 5.73 Å². The summed E-state index contributed by atoms with van der Waals surface area (Å²) >= 11 is 5.96. The highest BCUT2D eigenvalue weighted by molar-refractivity contribution is 6.30. The van der Waals surface area contributed by atoms with Crippen LogP contribution in [0.25, 0.3) is 0 Å². The van der Waals surface area contributed by atoms with Crippen molar-refractivity contribution in [3.63, 3.8) is 0 Å². The maximum absolute atomic E-state index is 6.01. The highest BCUT2D eigenvalue weighted by atomic mass is 35.5. The smallest absolute Gasteiger partial charge is 0.0473 e. The highest BCUT2D eigenvalue weighted by Gasteiger charge is 2.27. The molecule has 2 rings (SSSR count). The molecule has 0 aromatic heterocycles. The first-order chi connectivity index (χ1) is 8.76. The van der Waals surface area contributed by atoms with Gasteiger partial charge in [-0.1, -0.05) is 43.5 Å². The zero-order valence-electron chi connectivity index (χ0n) is 11.1. The number of hydrogen-bond donors (Lipinski definition) is 1. The van der Waals surface area contributed by atoms with Crippen molar-refractivity contribution < 1.29 is 0 Å². The van der Waals surface area contributed by atoms with Gasteiger partial charge in [-0.25, -0.2) is 0 Å². The SMILES string of the molecule is CCN(C1CCCC1)C(CN)c1ccc(Cl)cc1. The van der Waals surface area contributed by atoms with Crippen molar-refractivity contribution in [1.82, 2.24) is 4.90 Å². The minimum Gasteiger partial charge on any atom is -0.329 e. The third-order valence-electron chi connectivity index (χ3n) is 4.04. The van der Waals surface area contributed by atoms with Gasteiger partial charge in [0, 0.05) is 23.7 Å². The summed E-state index contributed by atoms with van der Waals surface area (Å²) in [5.74, 6) is 0. The van der Waals surface area contributed by atoms with Crippen molar-refractivity contribution in [3.8, 4) is 0 Å². The van der Waals surface area contributed by atoms with E-state index in [0.717, 1.165) is 11.6 Å². The molecule has 0 saturated heterocycles. The summed E-state index contributed by atoms with van der Waals surface area (Å²) in [6, 6.07) is 9.17. The van der Waals surface area contributed by atoms with Crippen LogP contribution in [0.3, 0.4) is 0 Å². The number of nitrogens with two attached hydrogens (primary N) is 1. The largest absolute Gasteiger partial charge is 0.329 e. The number of benzene rings is 1. The van der Waals surface area contributed by atoms with Crippen LogP contribution in [0, 0.1) is 0 Å². The third kappa shape index (κ3) is 3.05. The van der Waals surface area contributed by atoms with Crippen molar-refractivity contribution in [2.45, 2.75) is 44.7 Å². The molecule has 0 amide bonds. The van der Waals surface area contributed by atoms with Gasteiger partial charge in [0.2, 0.25) is 0 Å². The summed E-state index contributed by atoms with van der Waals surface area (Å²) in [7, 11) is 0. The van der Waals surface area contributed by atoms with Crippen LogP contribution in [0.4, 0.5) is 0 Å². The van der Waals surface area contributed by atoms with Crippen molar-refractivity contribution in [3.05, 3.63) is 34.9 Å². The van der Waals surface area contributed by atoms with E-state index in [4.69, 9.17) is 17.3 Å². The van der Waals surface area contributed by atoms with E-state index >= 15 is 0 Å². The number of hydrogen-bond acceptors (Lipinski definition) is 2. The standard InChI is InChI=1S/C15H23ClN2/c1-2-18(14-5-3-4-6-14)15(11-17)12-7-9-13(16)10-8-12/h7-10,14-15H,2-6,11,17H2,1H3. The Morgan fingerprint density at radius 1 is 1.28 bits per heavy atom. The molecule has 1 aliphatic rings. The van der Waals surface area contributed by atoms with Gasteiger partial charge in [0.1, 0.15) is 0 Å². The van der Waals surface area contributed by atoms with Gasteiger partial charge < -0.3 is 5.73 Å². The molecule has 1 aromatic rings. The van der Waals surface area contributed by atoms with Crippen LogP contribution >= 0.6 is 11.6 Å². The lowest BCUT2D eigenvalue weighted by atomic mass is 10.0. The van der Waals surface area contributed by atoms with E-state index in [9.17, 15) is 0 Å². The number of halogens is 1. The first kappa shape index (κ1) is 13.9. The zero-order valence-corrected chi connectivity index (χ0v) is 11.9. The summed E-state index contributed by atoms with van der Waals surface area (Å²) < 4.78 is 0. The molecule has 1 aromatic carbocycles. The zero-order chi connectivity index (χ0) is 13.0. The Morgan fingerprint density at radius 2 is 1.89 bits per heavy atom. The van der Waals surface area contributed by atoms with Gasteiger partial charge in [-0.05, 0) is 37.1 Å². The van der Waals surface area contributed by atoms with E-state index < -0.39 is 0 Å². The lowest BCUT2D eigenvalue weighted by molar-refractivity contribution is 0.147. The van der Waals surface area contributed by atoms with E-state index in [0.29, 0.717) is 18.6 Å². The fourth-order valence-corrected chi connectivity index (χ4v) is 3.24. The van der Waals surface area contributed by atoms with Crippen molar-refractivity contribution >= 4 is 11.6 Å². The van der Waals surface area contributed by atoms with Gasteiger partial charge in [0.05, 0.1) is 0 Å². The molecule has 1 aliphatic carbocycles. The van der Waals surface area contributed by atoms with Crippen LogP contribution in [0.5, 0.6) is 0 Å². The quantitative estimate of drug-likeness (QED) is 0.882. The van der Waals surface area contributed by atoms with Gasteiger partial charge in [0.15, 0.2) is 0 Å².